The quantitative estimate of drug-likeness (QED) is 0.863. The van der Waals surface area contributed by atoms with E-state index in [0.29, 0.717) is 0 Å². The molecule has 17 heavy (non-hydrogen) atoms. The highest BCUT2D eigenvalue weighted by molar-refractivity contribution is 5.78. The van der Waals surface area contributed by atoms with E-state index >= 15 is 0 Å². The normalized spacial score (nSPS) is 16.1. The smallest absolute Gasteiger partial charge is 0.224 e. The summed E-state index contributed by atoms with van der Waals surface area (Å²) < 4.78 is 26.2. The van der Waals surface area contributed by atoms with Crippen LogP contribution in [0.5, 0.6) is 0 Å². The van der Waals surface area contributed by atoms with E-state index in [1.807, 2.05) is 0 Å². The van der Waals surface area contributed by atoms with Crippen LogP contribution in [0.2, 0.25) is 0 Å². The van der Waals surface area contributed by atoms with Crippen LogP contribution in [0.15, 0.2) is 18.2 Å². The van der Waals surface area contributed by atoms with E-state index in [1.165, 1.54) is 12.1 Å². The second-order valence-electron chi connectivity index (χ2n) is 4.44. The van der Waals surface area contributed by atoms with Gasteiger partial charge in [-0.2, -0.15) is 0 Å². The summed E-state index contributed by atoms with van der Waals surface area (Å²) in [5.74, 6) is -2.06. The molecule has 0 aliphatic heterocycles. The van der Waals surface area contributed by atoms with Gasteiger partial charge >= 0.3 is 0 Å². The molecule has 1 aromatic rings. The van der Waals surface area contributed by atoms with Crippen molar-refractivity contribution in [1.82, 2.24) is 5.32 Å². The summed E-state index contributed by atoms with van der Waals surface area (Å²) >= 11 is 0. The second-order valence-corrected chi connectivity index (χ2v) is 4.44. The van der Waals surface area contributed by atoms with Crippen LogP contribution in [0, 0.1) is 11.6 Å². The first-order valence-electron chi connectivity index (χ1n) is 5.89. The number of rotatable bonds is 3. The maximum absolute atomic E-state index is 13.3. The molecule has 1 amide bonds. The van der Waals surface area contributed by atoms with Gasteiger partial charge in [-0.1, -0.05) is 25.0 Å². The van der Waals surface area contributed by atoms with Crippen molar-refractivity contribution < 1.29 is 13.6 Å². The predicted octanol–water partition coefficient (Wildman–Crippen LogP) is 2.57. The van der Waals surface area contributed by atoms with Crippen LogP contribution in [0.25, 0.3) is 0 Å². The molecule has 0 atom stereocenters. The van der Waals surface area contributed by atoms with E-state index in [2.05, 4.69) is 5.32 Å². The third kappa shape index (κ3) is 3.02. The van der Waals surface area contributed by atoms with Gasteiger partial charge in [0.25, 0.3) is 0 Å². The molecular weight excluding hydrogens is 224 g/mol. The highest BCUT2D eigenvalue weighted by Gasteiger charge is 2.18. The summed E-state index contributed by atoms with van der Waals surface area (Å²) in [7, 11) is 0. The molecule has 0 spiro atoms. The molecule has 92 valence electrons. The van der Waals surface area contributed by atoms with Gasteiger partial charge in [0, 0.05) is 11.6 Å². The van der Waals surface area contributed by atoms with Crippen LogP contribution in [0.1, 0.15) is 31.2 Å². The third-order valence-electron chi connectivity index (χ3n) is 3.10. The Morgan fingerprint density at radius 1 is 1.29 bits per heavy atom. The number of nitrogens with one attached hydrogen (secondary N) is 1. The topological polar surface area (TPSA) is 29.1 Å². The lowest BCUT2D eigenvalue weighted by molar-refractivity contribution is -0.121. The number of carbonyl (C=O) groups is 1. The van der Waals surface area contributed by atoms with Crippen molar-refractivity contribution in [1.29, 1.82) is 0 Å². The van der Waals surface area contributed by atoms with Crippen molar-refractivity contribution in [2.75, 3.05) is 0 Å². The van der Waals surface area contributed by atoms with E-state index < -0.39 is 11.6 Å². The number of carbonyl (C=O) groups excluding carboxylic acids is 1. The standard InChI is InChI=1S/C13H15F2NO/c14-11-7-3-4-9(13(11)15)8-12(17)16-10-5-1-2-6-10/h3-4,7,10H,1-2,5-6,8H2,(H,16,17). The molecular formula is C13H15F2NO. The molecule has 1 saturated carbocycles. The average Bonchev–Trinajstić information content (AvgIpc) is 2.77. The van der Waals surface area contributed by atoms with Gasteiger partial charge in [0.1, 0.15) is 0 Å². The molecule has 0 bridgehead atoms. The van der Waals surface area contributed by atoms with Crippen LogP contribution in [-0.2, 0) is 11.2 Å². The van der Waals surface area contributed by atoms with Crippen molar-refractivity contribution in [3.05, 3.63) is 35.4 Å². The number of amides is 1. The number of benzene rings is 1. The monoisotopic (exact) mass is 239 g/mol. The molecule has 0 unspecified atom stereocenters. The van der Waals surface area contributed by atoms with Crippen LogP contribution in [0.3, 0.4) is 0 Å². The van der Waals surface area contributed by atoms with Crippen molar-refractivity contribution in [3.8, 4) is 0 Å². The number of halogens is 2. The van der Waals surface area contributed by atoms with Crippen LogP contribution >= 0.6 is 0 Å². The Bertz CT molecular complexity index is 414. The van der Waals surface area contributed by atoms with Gasteiger partial charge in [0.05, 0.1) is 6.42 Å². The first kappa shape index (κ1) is 12.0. The molecule has 0 heterocycles. The van der Waals surface area contributed by atoms with Gasteiger partial charge in [-0.15, -0.1) is 0 Å². The molecule has 4 heteroatoms. The summed E-state index contributed by atoms with van der Waals surface area (Å²) in [6, 6.07) is 4.11. The second kappa shape index (κ2) is 5.25. The zero-order valence-corrected chi connectivity index (χ0v) is 9.51. The number of hydrogen-bond donors (Lipinski definition) is 1. The molecule has 2 nitrogen and oxygen atoms in total. The first-order chi connectivity index (χ1) is 8.16. The summed E-state index contributed by atoms with van der Waals surface area (Å²) in [6.07, 6.45) is 4.12. The van der Waals surface area contributed by atoms with Crippen LogP contribution in [-0.4, -0.2) is 11.9 Å². The van der Waals surface area contributed by atoms with Gasteiger partial charge < -0.3 is 5.32 Å². The van der Waals surface area contributed by atoms with E-state index in [0.717, 1.165) is 31.7 Å². The average molecular weight is 239 g/mol. The Hall–Kier alpha value is -1.45. The van der Waals surface area contributed by atoms with Crippen molar-refractivity contribution >= 4 is 5.91 Å². The SMILES string of the molecule is O=C(Cc1cccc(F)c1F)NC1CCCC1. The maximum atomic E-state index is 13.3. The molecule has 1 aliphatic rings. The van der Waals surface area contributed by atoms with E-state index in [-0.39, 0.29) is 23.9 Å². The van der Waals surface area contributed by atoms with E-state index in [1.54, 1.807) is 0 Å². The van der Waals surface area contributed by atoms with Gasteiger partial charge in [-0.3, -0.25) is 4.79 Å². The molecule has 2 rings (SSSR count). The zero-order valence-electron chi connectivity index (χ0n) is 9.51. The van der Waals surface area contributed by atoms with Crippen LogP contribution in [0.4, 0.5) is 8.78 Å². The summed E-state index contributed by atoms with van der Waals surface area (Å²) in [5.41, 5.74) is 0.112. The molecule has 0 saturated heterocycles. The summed E-state index contributed by atoms with van der Waals surface area (Å²) in [6.45, 7) is 0. The highest BCUT2D eigenvalue weighted by Crippen LogP contribution is 2.18. The Kier molecular flexibility index (Phi) is 3.71. The van der Waals surface area contributed by atoms with Crippen molar-refractivity contribution in [3.63, 3.8) is 0 Å². The minimum atomic E-state index is -0.922. The van der Waals surface area contributed by atoms with Crippen molar-refractivity contribution in [2.24, 2.45) is 0 Å². The Morgan fingerprint density at radius 3 is 2.71 bits per heavy atom. The molecule has 0 radical (unpaired) electrons. The van der Waals surface area contributed by atoms with Crippen molar-refractivity contribution in [2.45, 2.75) is 38.1 Å². The Balaban J connectivity index is 1.95. The van der Waals surface area contributed by atoms with Gasteiger partial charge in [0.2, 0.25) is 5.91 Å². The predicted molar refractivity (Wildman–Crippen MR) is 60.5 cm³/mol. The van der Waals surface area contributed by atoms with E-state index in [9.17, 15) is 13.6 Å². The lowest BCUT2D eigenvalue weighted by atomic mass is 10.1. The lowest BCUT2D eigenvalue weighted by Gasteiger charge is -2.12. The Morgan fingerprint density at radius 2 is 2.00 bits per heavy atom. The van der Waals surface area contributed by atoms with Gasteiger partial charge in [-0.25, -0.2) is 8.78 Å². The summed E-state index contributed by atoms with van der Waals surface area (Å²) in [5, 5.41) is 2.85. The minimum absolute atomic E-state index is 0.0971. The first-order valence-corrected chi connectivity index (χ1v) is 5.89. The number of hydrogen-bond acceptors (Lipinski definition) is 1. The minimum Gasteiger partial charge on any atom is -0.353 e. The molecule has 1 aromatic carbocycles. The molecule has 1 N–H and O–H groups in total. The van der Waals surface area contributed by atoms with E-state index in [4.69, 9.17) is 0 Å². The molecule has 1 aliphatic carbocycles. The molecule has 0 aromatic heterocycles. The van der Waals surface area contributed by atoms with Crippen LogP contribution < -0.4 is 5.32 Å². The van der Waals surface area contributed by atoms with Gasteiger partial charge in [-0.05, 0) is 18.9 Å². The van der Waals surface area contributed by atoms with Gasteiger partial charge in [0.15, 0.2) is 11.6 Å². The fourth-order valence-electron chi connectivity index (χ4n) is 2.21. The fraction of sp³-hybridized carbons (Fsp3) is 0.462. The maximum Gasteiger partial charge on any atom is 0.224 e. The summed E-state index contributed by atoms with van der Waals surface area (Å²) in [4.78, 5) is 11.6. The highest BCUT2D eigenvalue weighted by atomic mass is 19.2. The lowest BCUT2D eigenvalue weighted by Crippen LogP contribution is -2.33. The zero-order chi connectivity index (χ0) is 12.3. The fourth-order valence-corrected chi connectivity index (χ4v) is 2.21. The molecule has 1 fully saturated rings. The largest absolute Gasteiger partial charge is 0.353 e. The third-order valence-corrected chi connectivity index (χ3v) is 3.10. The Labute approximate surface area is 99.0 Å².